The highest BCUT2D eigenvalue weighted by Gasteiger charge is 2.30. The van der Waals surface area contributed by atoms with Crippen molar-refractivity contribution >= 4 is 5.91 Å². The van der Waals surface area contributed by atoms with E-state index in [0.29, 0.717) is 12.1 Å². The molecule has 1 amide bonds. The van der Waals surface area contributed by atoms with E-state index in [-0.39, 0.29) is 11.9 Å². The summed E-state index contributed by atoms with van der Waals surface area (Å²) in [6.45, 7) is 7.92. The van der Waals surface area contributed by atoms with E-state index in [1.54, 1.807) is 0 Å². The molecule has 1 N–H and O–H groups in total. The van der Waals surface area contributed by atoms with E-state index >= 15 is 0 Å². The maximum atomic E-state index is 12.0. The van der Waals surface area contributed by atoms with Crippen LogP contribution in [0.1, 0.15) is 20.8 Å². The summed E-state index contributed by atoms with van der Waals surface area (Å²) in [7, 11) is 3.95. The van der Waals surface area contributed by atoms with Gasteiger partial charge >= 0.3 is 0 Å². The number of nitrogens with one attached hydrogen (secondary N) is 1. The Bertz CT molecular complexity index is 220. The summed E-state index contributed by atoms with van der Waals surface area (Å²) in [5.74, 6) is 0.212. The average molecular weight is 213 g/mol. The molecule has 15 heavy (non-hydrogen) atoms. The molecular weight excluding hydrogens is 190 g/mol. The lowest BCUT2D eigenvalue weighted by molar-refractivity contribution is -0.136. The molecule has 1 aliphatic rings. The second-order valence-electron chi connectivity index (χ2n) is 4.62. The summed E-state index contributed by atoms with van der Waals surface area (Å²) in [5, 5.41) is 3.00. The smallest absolute Gasteiger partial charge is 0.239 e. The Morgan fingerprint density at radius 3 is 2.20 bits per heavy atom. The van der Waals surface area contributed by atoms with E-state index in [1.807, 2.05) is 18.9 Å². The van der Waals surface area contributed by atoms with Crippen LogP contribution in [0.4, 0.5) is 0 Å². The van der Waals surface area contributed by atoms with Crippen molar-refractivity contribution in [3.63, 3.8) is 0 Å². The number of rotatable bonds is 2. The molecule has 3 unspecified atom stereocenters. The third-order valence-electron chi connectivity index (χ3n) is 3.47. The van der Waals surface area contributed by atoms with Gasteiger partial charge in [0.2, 0.25) is 5.91 Å². The van der Waals surface area contributed by atoms with Gasteiger partial charge in [0.15, 0.2) is 0 Å². The number of piperazine rings is 1. The summed E-state index contributed by atoms with van der Waals surface area (Å²) in [6, 6.07) is 0.816. The highest BCUT2D eigenvalue weighted by molar-refractivity contribution is 5.81. The van der Waals surface area contributed by atoms with Crippen LogP contribution in [0.5, 0.6) is 0 Å². The first-order chi connectivity index (χ1) is 6.97. The predicted octanol–water partition coefficient (Wildman–Crippen LogP) is 0.145. The van der Waals surface area contributed by atoms with Crippen LogP contribution in [0, 0.1) is 0 Å². The maximum Gasteiger partial charge on any atom is 0.239 e. The molecule has 1 fully saturated rings. The van der Waals surface area contributed by atoms with Crippen molar-refractivity contribution in [1.29, 1.82) is 0 Å². The number of hydrogen-bond donors (Lipinski definition) is 1. The molecule has 0 aromatic carbocycles. The first kappa shape index (κ1) is 12.5. The Labute approximate surface area is 92.6 Å². The highest BCUT2D eigenvalue weighted by atomic mass is 16.2. The summed E-state index contributed by atoms with van der Waals surface area (Å²) in [6.07, 6.45) is 0. The monoisotopic (exact) mass is 213 g/mol. The van der Waals surface area contributed by atoms with Gasteiger partial charge in [0.05, 0.1) is 6.04 Å². The molecule has 3 atom stereocenters. The summed E-state index contributed by atoms with van der Waals surface area (Å²) in [5.41, 5.74) is 0. The fourth-order valence-electron chi connectivity index (χ4n) is 1.98. The molecule has 1 heterocycles. The zero-order valence-corrected chi connectivity index (χ0v) is 10.4. The van der Waals surface area contributed by atoms with Crippen LogP contribution in [0.3, 0.4) is 0 Å². The van der Waals surface area contributed by atoms with Gasteiger partial charge in [0.1, 0.15) is 0 Å². The molecule has 0 bridgehead atoms. The molecule has 0 aromatic rings. The van der Waals surface area contributed by atoms with Crippen molar-refractivity contribution in [2.45, 2.75) is 38.9 Å². The molecule has 0 aliphatic carbocycles. The number of hydrogen-bond acceptors (Lipinski definition) is 3. The van der Waals surface area contributed by atoms with Crippen molar-refractivity contribution in [2.24, 2.45) is 0 Å². The molecule has 0 spiro atoms. The lowest BCUT2D eigenvalue weighted by atomic mass is 10.1. The van der Waals surface area contributed by atoms with Crippen LogP contribution in [-0.4, -0.2) is 61.0 Å². The fraction of sp³-hybridized carbons (Fsp3) is 0.909. The van der Waals surface area contributed by atoms with Crippen LogP contribution < -0.4 is 5.32 Å². The molecule has 0 saturated carbocycles. The minimum atomic E-state index is -0.0761. The highest BCUT2D eigenvalue weighted by Crippen LogP contribution is 2.13. The molecule has 4 heteroatoms. The van der Waals surface area contributed by atoms with Crippen molar-refractivity contribution in [3.8, 4) is 0 Å². The zero-order valence-electron chi connectivity index (χ0n) is 10.4. The van der Waals surface area contributed by atoms with Crippen LogP contribution in [0.2, 0.25) is 0 Å². The molecule has 88 valence electrons. The first-order valence-electron chi connectivity index (χ1n) is 5.65. The Balaban J connectivity index is 2.61. The SMILES string of the molecule is CNC(C)C(=O)N1CC(C)N(C)C(C)C1. The summed E-state index contributed by atoms with van der Waals surface area (Å²) >= 11 is 0. The van der Waals surface area contributed by atoms with Crippen molar-refractivity contribution in [2.75, 3.05) is 27.2 Å². The van der Waals surface area contributed by atoms with Crippen LogP contribution in [0.25, 0.3) is 0 Å². The molecule has 0 radical (unpaired) electrons. The van der Waals surface area contributed by atoms with E-state index < -0.39 is 0 Å². The molecular formula is C11H23N3O. The average Bonchev–Trinajstić information content (AvgIpc) is 2.23. The normalized spacial score (nSPS) is 30.3. The summed E-state index contributed by atoms with van der Waals surface area (Å²) < 4.78 is 0. The zero-order chi connectivity index (χ0) is 11.6. The molecule has 0 aromatic heterocycles. The lowest BCUT2D eigenvalue weighted by Gasteiger charge is -2.43. The second kappa shape index (κ2) is 4.94. The van der Waals surface area contributed by atoms with E-state index in [2.05, 4.69) is 31.1 Å². The number of carbonyl (C=O) groups excluding carboxylic acids is 1. The van der Waals surface area contributed by atoms with Gasteiger partial charge in [-0.25, -0.2) is 0 Å². The topological polar surface area (TPSA) is 35.6 Å². The fourth-order valence-corrected chi connectivity index (χ4v) is 1.98. The van der Waals surface area contributed by atoms with Gasteiger partial charge in [-0.05, 0) is 34.9 Å². The standard InChI is InChI=1S/C11H23N3O/c1-8-6-14(7-9(2)13(8)5)11(15)10(3)12-4/h8-10,12H,6-7H2,1-5H3. The van der Waals surface area contributed by atoms with E-state index in [4.69, 9.17) is 0 Å². The van der Waals surface area contributed by atoms with Crippen molar-refractivity contribution in [3.05, 3.63) is 0 Å². The number of likely N-dealkylation sites (N-methyl/N-ethyl adjacent to an activating group) is 2. The van der Waals surface area contributed by atoms with E-state index in [0.717, 1.165) is 13.1 Å². The van der Waals surface area contributed by atoms with Gasteiger partial charge in [0, 0.05) is 25.2 Å². The third-order valence-corrected chi connectivity index (χ3v) is 3.47. The molecule has 1 aliphatic heterocycles. The molecule has 1 saturated heterocycles. The number of carbonyl (C=O) groups is 1. The van der Waals surface area contributed by atoms with Crippen molar-refractivity contribution < 1.29 is 4.79 Å². The number of amides is 1. The van der Waals surface area contributed by atoms with Gasteiger partial charge in [0.25, 0.3) is 0 Å². The van der Waals surface area contributed by atoms with E-state index in [1.165, 1.54) is 0 Å². The minimum absolute atomic E-state index is 0.0761. The largest absolute Gasteiger partial charge is 0.338 e. The Morgan fingerprint density at radius 2 is 1.80 bits per heavy atom. The van der Waals surface area contributed by atoms with Gasteiger partial charge in [-0.2, -0.15) is 0 Å². The molecule has 4 nitrogen and oxygen atoms in total. The second-order valence-corrected chi connectivity index (χ2v) is 4.62. The molecule has 1 rings (SSSR count). The number of nitrogens with zero attached hydrogens (tertiary/aromatic N) is 2. The minimum Gasteiger partial charge on any atom is -0.338 e. The van der Waals surface area contributed by atoms with Gasteiger partial charge in [-0.15, -0.1) is 0 Å². The first-order valence-corrected chi connectivity index (χ1v) is 5.65. The summed E-state index contributed by atoms with van der Waals surface area (Å²) in [4.78, 5) is 16.3. The van der Waals surface area contributed by atoms with E-state index in [9.17, 15) is 4.79 Å². The Morgan fingerprint density at radius 1 is 1.33 bits per heavy atom. The van der Waals surface area contributed by atoms with Gasteiger partial charge in [-0.3, -0.25) is 9.69 Å². The Hall–Kier alpha value is -0.610. The van der Waals surface area contributed by atoms with Gasteiger partial charge in [-0.1, -0.05) is 0 Å². The van der Waals surface area contributed by atoms with Crippen LogP contribution in [0.15, 0.2) is 0 Å². The Kier molecular flexibility index (Phi) is 4.11. The van der Waals surface area contributed by atoms with Crippen LogP contribution in [-0.2, 0) is 4.79 Å². The third kappa shape index (κ3) is 2.69. The van der Waals surface area contributed by atoms with Crippen LogP contribution >= 0.6 is 0 Å². The predicted molar refractivity (Wildman–Crippen MR) is 61.8 cm³/mol. The van der Waals surface area contributed by atoms with Gasteiger partial charge < -0.3 is 10.2 Å². The lowest BCUT2D eigenvalue weighted by Crippen LogP contribution is -2.58. The van der Waals surface area contributed by atoms with Crippen molar-refractivity contribution in [1.82, 2.24) is 15.1 Å². The quantitative estimate of drug-likeness (QED) is 0.709. The maximum absolute atomic E-state index is 12.0.